The van der Waals surface area contributed by atoms with Crippen molar-refractivity contribution in [1.29, 1.82) is 0 Å². The van der Waals surface area contributed by atoms with Crippen molar-refractivity contribution in [1.82, 2.24) is 31.6 Å². The van der Waals surface area contributed by atoms with Gasteiger partial charge in [0.05, 0.1) is 6.54 Å². The van der Waals surface area contributed by atoms with Crippen LogP contribution in [0.1, 0.15) is 79.3 Å². The Kier molecular flexibility index (Phi) is 14.5. The van der Waals surface area contributed by atoms with Gasteiger partial charge in [0, 0.05) is 67.4 Å². The van der Waals surface area contributed by atoms with Gasteiger partial charge in [-0.15, -0.1) is 0 Å². The number of pyridine rings is 1. The molecule has 1 aromatic heterocycles. The normalized spacial score (nSPS) is 19.2. The molecule has 0 unspecified atom stereocenters. The number of benzene rings is 2. The zero-order valence-electron chi connectivity index (χ0n) is 30.3. The molecule has 5 rings (SSSR count). The molecule has 1 aliphatic carbocycles. The second-order valence-corrected chi connectivity index (χ2v) is 14.5. The quantitative estimate of drug-likeness (QED) is 0.203. The number of hydrogen-bond acceptors (Lipinski definition) is 7. The Morgan fingerprint density at radius 2 is 1.46 bits per heavy atom. The minimum atomic E-state index is -1.000. The molecule has 0 radical (unpaired) electrons. The number of amides is 6. The number of nitrogens with zero attached hydrogens (tertiary/aromatic N) is 1. The highest BCUT2D eigenvalue weighted by Crippen LogP contribution is 2.44. The molecule has 14 heteroatoms. The molecule has 6 amide bonds. The van der Waals surface area contributed by atoms with Crippen LogP contribution in [0.15, 0.2) is 73.1 Å². The van der Waals surface area contributed by atoms with Gasteiger partial charge in [0.15, 0.2) is 0 Å². The number of halogens is 1. The summed E-state index contributed by atoms with van der Waals surface area (Å²) in [5.41, 5.74) is 1.70. The van der Waals surface area contributed by atoms with E-state index in [9.17, 15) is 28.8 Å². The molecule has 1 saturated carbocycles. The maximum Gasteiger partial charge on any atom is 0.252 e. The Morgan fingerprint density at radius 1 is 0.796 bits per heavy atom. The van der Waals surface area contributed by atoms with Gasteiger partial charge in [-0.25, -0.2) is 0 Å². The lowest BCUT2D eigenvalue weighted by Crippen LogP contribution is -2.51. The maximum absolute atomic E-state index is 13.6. The van der Waals surface area contributed by atoms with Crippen LogP contribution in [-0.4, -0.2) is 72.1 Å². The van der Waals surface area contributed by atoms with Crippen LogP contribution in [0.4, 0.5) is 5.69 Å². The van der Waals surface area contributed by atoms with E-state index in [1.807, 2.05) is 0 Å². The smallest absolute Gasteiger partial charge is 0.252 e. The third-order valence-corrected chi connectivity index (χ3v) is 10.3. The van der Waals surface area contributed by atoms with Crippen molar-refractivity contribution in [2.75, 3.05) is 25.0 Å². The third-order valence-electron chi connectivity index (χ3n) is 9.92. The molecular weight excluding hydrogens is 710 g/mol. The van der Waals surface area contributed by atoms with E-state index in [4.69, 9.17) is 11.6 Å². The van der Waals surface area contributed by atoms with Gasteiger partial charge in [-0.3, -0.25) is 33.8 Å². The second kappa shape index (κ2) is 19.7. The first-order valence-electron chi connectivity index (χ1n) is 18.5. The first-order chi connectivity index (χ1) is 26.1. The monoisotopic (exact) mass is 757 g/mol. The Hall–Kier alpha value is -5.30. The number of nitrogens with one attached hydrogen (secondary N) is 6. The van der Waals surface area contributed by atoms with Gasteiger partial charge in [-0.1, -0.05) is 54.8 Å². The first-order valence-corrected chi connectivity index (χ1v) is 18.9. The lowest BCUT2D eigenvalue weighted by molar-refractivity contribution is -0.132. The molecule has 1 aliphatic heterocycles. The van der Waals surface area contributed by atoms with Gasteiger partial charge < -0.3 is 31.9 Å². The van der Waals surface area contributed by atoms with Crippen molar-refractivity contribution in [3.05, 3.63) is 94.8 Å². The molecule has 2 fully saturated rings. The highest BCUT2D eigenvalue weighted by molar-refractivity contribution is 6.31. The van der Waals surface area contributed by atoms with E-state index in [1.165, 1.54) is 12.4 Å². The molecule has 3 aromatic rings. The summed E-state index contributed by atoms with van der Waals surface area (Å²) in [6.45, 7) is 0.762. The minimum absolute atomic E-state index is 0.0769. The topological polar surface area (TPSA) is 187 Å². The molecular formula is C40H48ClN7O6. The zero-order chi connectivity index (χ0) is 38.3. The van der Waals surface area contributed by atoms with E-state index in [0.717, 1.165) is 44.9 Å². The van der Waals surface area contributed by atoms with E-state index in [1.54, 1.807) is 60.7 Å². The molecule has 6 N–H and O–H groups in total. The number of carbonyl (C=O) groups is 6. The summed E-state index contributed by atoms with van der Waals surface area (Å²) in [7, 11) is 0. The van der Waals surface area contributed by atoms with Crippen LogP contribution in [0.5, 0.6) is 0 Å². The largest absolute Gasteiger partial charge is 0.356 e. The Bertz CT molecular complexity index is 1780. The van der Waals surface area contributed by atoms with Crippen molar-refractivity contribution in [3.63, 3.8) is 0 Å². The molecule has 1 saturated heterocycles. The summed E-state index contributed by atoms with van der Waals surface area (Å²) in [4.78, 5) is 82.9. The first kappa shape index (κ1) is 39.9. The lowest BCUT2D eigenvalue weighted by Gasteiger charge is -2.29. The molecule has 54 heavy (non-hydrogen) atoms. The molecule has 286 valence electrons. The van der Waals surface area contributed by atoms with E-state index < -0.39 is 35.2 Å². The standard InChI is InChI=1S/C40H48ClN7O6/c41-31-9-3-2-8-29(31)23-33(48-37(52)28-14-20-42-21-15-28)39(54)46-30-12-10-27(11-13-30)22-32-38(53)45-26-36(51)44-19-7-1-6-18-43-34(49)24-40(16-4-5-17-40)25-35(50)47-32/h2-3,8-15,20-21,32-33H,1,4-7,16-19,22-26H2,(H,43,49)(H,44,51)(H,45,53)(H,46,54)(H,47,50)(H,48,52)/t32-,33+/m1/s1. The fraction of sp³-hybridized carbons (Fsp3) is 0.425. The van der Waals surface area contributed by atoms with Crippen molar-refractivity contribution in [2.24, 2.45) is 5.41 Å². The zero-order valence-corrected chi connectivity index (χ0v) is 31.0. The van der Waals surface area contributed by atoms with E-state index >= 15 is 0 Å². The Morgan fingerprint density at radius 3 is 2.17 bits per heavy atom. The molecule has 2 aromatic carbocycles. The average molecular weight is 758 g/mol. The van der Waals surface area contributed by atoms with Crippen LogP contribution in [0, 0.1) is 5.41 Å². The highest BCUT2D eigenvalue weighted by atomic mass is 35.5. The predicted molar refractivity (Wildman–Crippen MR) is 204 cm³/mol. The summed E-state index contributed by atoms with van der Waals surface area (Å²) in [5.74, 6) is -2.17. The Balaban J connectivity index is 1.28. The number of anilines is 1. The van der Waals surface area contributed by atoms with Gasteiger partial charge in [0.2, 0.25) is 29.5 Å². The van der Waals surface area contributed by atoms with Crippen LogP contribution in [0.3, 0.4) is 0 Å². The number of rotatable bonds is 8. The van der Waals surface area contributed by atoms with Crippen LogP contribution in [-0.2, 0) is 36.8 Å². The summed E-state index contributed by atoms with van der Waals surface area (Å²) < 4.78 is 0. The van der Waals surface area contributed by atoms with Gasteiger partial charge in [-0.2, -0.15) is 0 Å². The second-order valence-electron chi connectivity index (χ2n) is 14.1. The fourth-order valence-electron chi connectivity index (χ4n) is 7.00. The van der Waals surface area contributed by atoms with E-state index in [0.29, 0.717) is 40.5 Å². The minimum Gasteiger partial charge on any atom is -0.356 e. The van der Waals surface area contributed by atoms with Crippen LogP contribution < -0.4 is 31.9 Å². The van der Waals surface area contributed by atoms with Crippen LogP contribution in [0.25, 0.3) is 0 Å². The highest BCUT2D eigenvalue weighted by Gasteiger charge is 2.38. The molecule has 1 spiro atoms. The lowest BCUT2D eigenvalue weighted by atomic mass is 9.78. The van der Waals surface area contributed by atoms with Crippen molar-refractivity contribution >= 4 is 52.7 Å². The predicted octanol–water partition coefficient (Wildman–Crippen LogP) is 3.62. The molecule has 2 atom stereocenters. The van der Waals surface area contributed by atoms with E-state index in [2.05, 4.69) is 36.9 Å². The summed E-state index contributed by atoms with van der Waals surface area (Å²) in [6, 6.07) is 15.0. The van der Waals surface area contributed by atoms with Crippen molar-refractivity contribution in [2.45, 2.75) is 82.7 Å². The summed E-state index contributed by atoms with van der Waals surface area (Å²) >= 11 is 6.39. The molecule has 2 aliphatic rings. The number of aromatic nitrogens is 1. The van der Waals surface area contributed by atoms with Crippen LogP contribution in [0.2, 0.25) is 5.02 Å². The van der Waals surface area contributed by atoms with Crippen molar-refractivity contribution in [3.8, 4) is 0 Å². The van der Waals surface area contributed by atoms with E-state index in [-0.39, 0.29) is 49.9 Å². The molecule has 2 heterocycles. The number of hydrogen-bond donors (Lipinski definition) is 6. The molecule has 0 bridgehead atoms. The summed E-state index contributed by atoms with van der Waals surface area (Å²) in [6.07, 6.45) is 9.34. The third kappa shape index (κ3) is 12.1. The average Bonchev–Trinajstić information content (AvgIpc) is 3.61. The van der Waals surface area contributed by atoms with Gasteiger partial charge >= 0.3 is 0 Å². The SMILES string of the molecule is O=C1CNC(=O)[C@@H](Cc2ccc(NC(=O)[C@H](Cc3ccccc3Cl)NC(=O)c3ccncc3)cc2)NC(=O)CC2(CCCC2)CC(=O)NCCCCCN1. The number of carbonyl (C=O) groups excluding carboxylic acids is 6. The fourth-order valence-corrected chi connectivity index (χ4v) is 7.21. The van der Waals surface area contributed by atoms with Crippen molar-refractivity contribution < 1.29 is 28.8 Å². The van der Waals surface area contributed by atoms with Gasteiger partial charge in [0.25, 0.3) is 5.91 Å². The van der Waals surface area contributed by atoms with Crippen LogP contribution >= 0.6 is 11.6 Å². The maximum atomic E-state index is 13.6. The molecule has 13 nitrogen and oxygen atoms in total. The van der Waals surface area contributed by atoms with Gasteiger partial charge in [0.1, 0.15) is 12.1 Å². The summed E-state index contributed by atoms with van der Waals surface area (Å²) in [5, 5.41) is 17.5. The van der Waals surface area contributed by atoms with Gasteiger partial charge in [-0.05, 0) is 79.0 Å². The Labute approximate surface area is 320 Å².